The molecule has 4 nitrogen and oxygen atoms in total. The van der Waals surface area contributed by atoms with E-state index in [4.69, 9.17) is 4.42 Å². The second kappa shape index (κ2) is 8.24. The molecular formula is C25H30N2O2. The van der Waals surface area contributed by atoms with Crippen molar-refractivity contribution in [2.75, 3.05) is 7.05 Å². The number of aryl methyl sites for hydroxylation is 1. The topological polar surface area (TPSA) is 46.3 Å². The Balaban J connectivity index is 1.78. The Morgan fingerprint density at radius 2 is 1.52 bits per heavy atom. The minimum Gasteiger partial charge on any atom is -0.456 e. The Bertz CT molecular complexity index is 1030. The zero-order valence-electron chi connectivity index (χ0n) is 18.5. The van der Waals surface area contributed by atoms with Crippen molar-refractivity contribution in [1.29, 1.82) is 0 Å². The fourth-order valence-corrected chi connectivity index (χ4v) is 3.80. The summed E-state index contributed by atoms with van der Waals surface area (Å²) in [7, 11) is 1.77. The van der Waals surface area contributed by atoms with Crippen LogP contribution in [0.25, 0.3) is 0 Å². The van der Waals surface area contributed by atoms with Crippen molar-refractivity contribution >= 4 is 5.91 Å². The van der Waals surface area contributed by atoms with E-state index in [9.17, 15) is 4.79 Å². The maximum Gasteiger partial charge on any atom is 0.289 e. The standard InChI is InChI=1S/C25H30N2O2/c1-15-9-8-10-21(26-15)14-27(7)25(28)24-12-11-22(29-24)13-23-19(5)17(3)16(2)18(4)20(23)6/h8-12H,13-14H2,1-7H3. The van der Waals surface area contributed by atoms with Crippen LogP contribution in [0.4, 0.5) is 0 Å². The summed E-state index contributed by atoms with van der Waals surface area (Å²) in [5, 5.41) is 0. The molecule has 29 heavy (non-hydrogen) atoms. The van der Waals surface area contributed by atoms with Crippen LogP contribution in [0.15, 0.2) is 34.7 Å². The molecule has 0 N–H and O–H groups in total. The van der Waals surface area contributed by atoms with Crippen molar-refractivity contribution < 1.29 is 9.21 Å². The molecule has 0 aliphatic carbocycles. The molecule has 0 aliphatic heterocycles. The molecule has 0 bridgehead atoms. The SMILES string of the molecule is Cc1cccc(CN(C)C(=O)c2ccc(Cc3c(C)c(C)c(C)c(C)c3C)o2)n1. The minimum atomic E-state index is -0.135. The number of nitrogens with zero attached hydrogens (tertiary/aromatic N) is 2. The van der Waals surface area contributed by atoms with Crippen molar-refractivity contribution in [3.63, 3.8) is 0 Å². The summed E-state index contributed by atoms with van der Waals surface area (Å²) < 4.78 is 5.94. The number of amides is 1. The number of carbonyl (C=O) groups excluding carboxylic acids is 1. The minimum absolute atomic E-state index is 0.135. The lowest BCUT2D eigenvalue weighted by molar-refractivity contribution is 0.0750. The first kappa shape index (κ1) is 20.8. The van der Waals surface area contributed by atoms with Crippen LogP contribution in [0.1, 0.15) is 61.1 Å². The van der Waals surface area contributed by atoms with E-state index in [0.29, 0.717) is 18.7 Å². The zero-order valence-corrected chi connectivity index (χ0v) is 18.5. The number of aromatic nitrogens is 1. The lowest BCUT2D eigenvalue weighted by Gasteiger charge is -2.18. The van der Waals surface area contributed by atoms with Gasteiger partial charge in [-0.1, -0.05) is 6.07 Å². The van der Waals surface area contributed by atoms with Gasteiger partial charge in [0, 0.05) is 19.2 Å². The Kier molecular flexibility index (Phi) is 5.92. The van der Waals surface area contributed by atoms with E-state index >= 15 is 0 Å². The van der Waals surface area contributed by atoms with E-state index in [1.54, 1.807) is 18.0 Å². The summed E-state index contributed by atoms with van der Waals surface area (Å²) in [4.78, 5) is 18.9. The maximum absolute atomic E-state index is 12.8. The van der Waals surface area contributed by atoms with Crippen molar-refractivity contribution in [1.82, 2.24) is 9.88 Å². The molecule has 0 aliphatic rings. The second-order valence-corrected chi connectivity index (χ2v) is 7.98. The molecule has 0 unspecified atom stereocenters. The van der Waals surface area contributed by atoms with Crippen LogP contribution in [0, 0.1) is 41.5 Å². The molecule has 1 amide bonds. The summed E-state index contributed by atoms with van der Waals surface area (Å²) in [5.41, 5.74) is 9.71. The van der Waals surface area contributed by atoms with Crippen molar-refractivity contribution in [2.24, 2.45) is 0 Å². The molecule has 3 rings (SSSR count). The summed E-state index contributed by atoms with van der Waals surface area (Å²) in [6, 6.07) is 9.52. The number of carbonyl (C=O) groups is 1. The van der Waals surface area contributed by atoms with Gasteiger partial charge in [0.1, 0.15) is 5.76 Å². The Morgan fingerprint density at radius 1 is 0.897 bits per heavy atom. The monoisotopic (exact) mass is 390 g/mol. The van der Waals surface area contributed by atoms with Crippen molar-refractivity contribution in [2.45, 2.75) is 54.5 Å². The van der Waals surface area contributed by atoms with E-state index in [-0.39, 0.29) is 5.91 Å². The first-order chi connectivity index (χ1) is 13.7. The van der Waals surface area contributed by atoms with Gasteiger partial charge < -0.3 is 9.32 Å². The van der Waals surface area contributed by atoms with Gasteiger partial charge in [-0.3, -0.25) is 9.78 Å². The average molecular weight is 391 g/mol. The Hall–Kier alpha value is -2.88. The highest BCUT2D eigenvalue weighted by Crippen LogP contribution is 2.28. The Morgan fingerprint density at radius 3 is 2.14 bits per heavy atom. The van der Waals surface area contributed by atoms with Crippen LogP contribution < -0.4 is 0 Å². The molecular weight excluding hydrogens is 360 g/mol. The highest BCUT2D eigenvalue weighted by atomic mass is 16.4. The van der Waals surface area contributed by atoms with E-state index < -0.39 is 0 Å². The molecule has 0 spiro atoms. The zero-order chi connectivity index (χ0) is 21.3. The van der Waals surface area contributed by atoms with E-state index in [1.165, 1.54) is 33.4 Å². The fourth-order valence-electron chi connectivity index (χ4n) is 3.80. The average Bonchev–Trinajstić information content (AvgIpc) is 3.16. The van der Waals surface area contributed by atoms with E-state index in [2.05, 4.69) is 39.6 Å². The van der Waals surface area contributed by atoms with Gasteiger partial charge in [-0.2, -0.15) is 0 Å². The number of rotatable bonds is 5. The normalized spacial score (nSPS) is 11.0. The van der Waals surface area contributed by atoms with Crippen LogP contribution in [0.2, 0.25) is 0 Å². The third kappa shape index (κ3) is 4.26. The molecule has 0 saturated heterocycles. The molecule has 0 atom stereocenters. The third-order valence-corrected chi connectivity index (χ3v) is 6.07. The van der Waals surface area contributed by atoms with Gasteiger partial charge in [0.25, 0.3) is 5.91 Å². The first-order valence-electron chi connectivity index (χ1n) is 10.0. The predicted molar refractivity (Wildman–Crippen MR) is 116 cm³/mol. The summed E-state index contributed by atoms with van der Waals surface area (Å²) in [6.07, 6.45) is 0.691. The van der Waals surface area contributed by atoms with Gasteiger partial charge in [-0.15, -0.1) is 0 Å². The van der Waals surface area contributed by atoms with E-state index in [1.807, 2.05) is 31.2 Å². The number of benzene rings is 1. The largest absolute Gasteiger partial charge is 0.456 e. The molecule has 152 valence electrons. The lowest BCUT2D eigenvalue weighted by Crippen LogP contribution is -2.26. The Labute approximate surface area is 173 Å². The lowest BCUT2D eigenvalue weighted by atomic mass is 9.88. The second-order valence-electron chi connectivity index (χ2n) is 7.98. The highest BCUT2D eigenvalue weighted by Gasteiger charge is 2.19. The number of hydrogen-bond acceptors (Lipinski definition) is 3. The quantitative estimate of drug-likeness (QED) is 0.587. The van der Waals surface area contributed by atoms with E-state index in [0.717, 1.165) is 17.1 Å². The summed E-state index contributed by atoms with van der Waals surface area (Å²) >= 11 is 0. The van der Waals surface area contributed by atoms with Gasteiger partial charge >= 0.3 is 0 Å². The highest BCUT2D eigenvalue weighted by molar-refractivity contribution is 5.91. The van der Waals surface area contributed by atoms with Crippen LogP contribution in [0.5, 0.6) is 0 Å². The van der Waals surface area contributed by atoms with Crippen molar-refractivity contribution in [3.05, 3.63) is 86.6 Å². The molecule has 2 aromatic heterocycles. The molecule has 3 aromatic rings. The predicted octanol–water partition coefficient (Wildman–Crippen LogP) is 5.39. The fraction of sp³-hybridized carbons (Fsp3) is 0.360. The summed E-state index contributed by atoms with van der Waals surface area (Å²) in [5.74, 6) is 1.04. The number of furan rings is 1. The van der Waals surface area contributed by atoms with Crippen LogP contribution >= 0.6 is 0 Å². The molecule has 0 radical (unpaired) electrons. The molecule has 1 aromatic carbocycles. The molecule has 0 saturated carbocycles. The van der Waals surface area contributed by atoms with Gasteiger partial charge in [0.15, 0.2) is 5.76 Å². The van der Waals surface area contributed by atoms with Gasteiger partial charge in [0.05, 0.1) is 12.2 Å². The van der Waals surface area contributed by atoms with Gasteiger partial charge in [-0.05, 0) is 99.2 Å². The smallest absolute Gasteiger partial charge is 0.289 e. The molecule has 2 heterocycles. The maximum atomic E-state index is 12.8. The summed E-state index contributed by atoms with van der Waals surface area (Å²) in [6.45, 7) is 13.3. The third-order valence-electron chi connectivity index (χ3n) is 6.07. The van der Waals surface area contributed by atoms with Crippen LogP contribution in [-0.2, 0) is 13.0 Å². The van der Waals surface area contributed by atoms with Gasteiger partial charge in [0.2, 0.25) is 0 Å². The van der Waals surface area contributed by atoms with Gasteiger partial charge in [-0.25, -0.2) is 0 Å². The first-order valence-corrected chi connectivity index (χ1v) is 10.0. The number of hydrogen-bond donors (Lipinski definition) is 0. The molecule has 4 heteroatoms. The van der Waals surface area contributed by atoms with Crippen molar-refractivity contribution in [3.8, 4) is 0 Å². The molecule has 0 fully saturated rings. The van der Waals surface area contributed by atoms with Crippen LogP contribution in [0.3, 0.4) is 0 Å². The number of pyridine rings is 1. The van der Waals surface area contributed by atoms with Crippen LogP contribution in [-0.4, -0.2) is 22.8 Å².